The Labute approximate surface area is 143 Å². The van der Waals surface area contributed by atoms with Crippen LogP contribution in [0.25, 0.3) is 0 Å². The molecule has 4 nitrogen and oxygen atoms in total. The summed E-state index contributed by atoms with van der Waals surface area (Å²) in [5, 5.41) is 3.44. The minimum Gasteiger partial charge on any atom is -0.405 e. The Hall–Kier alpha value is -0.870. The molecule has 0 atom stereocenters. The van der Waals surface area contributed by atoms with Crippen LogP contribution in [0.2, 0.25) is 0 Å². The van der Waals surface area contributed by atoms with Gasteiger partial charge in [-0.1, -0.05) is 27.7 Å². The van der Waals surface area contributed by atoms with E-state index in [2.05, 4.69) is 15.2 Å². The van der Waals surface area contributed by atoms with Gasteiger partial charge in [0.05, 0.1) is 6.04 Å². The lowest BCUT2D eigenvalue weighted by Gasteiger charge is -2.59. The van der Waals surface area contributed by atoms with E-state index in [0.717, 1.165) is 5.92 Å². The van der Waals surface area contributed by atoms with Gasteiger partial charge in [-0.25, -0.2) is 0 Å². The molecule has 4 heteroatoms. The summed E-state index contributed by atoms with van der Waals surface area (Å²) >= 11 is 0. The first-order valence-electron chi connectivity index (χ1n) is 9.63. The number of hydrogen-bond acceptors (Lipinski definition) is 4. The van der Waals surface area contributed by atoms with E-state index in [9.17, 15) is 0 Å². The molecule has 134 valence electrons. The molecule has 0 amide bonds. The summed E-state index contributed by atoms with van der Waals surface area (Å²) in [5.74, 6) is 0.933. The van der Waals surface area contributed by atoms with Crippen LogP contribution in [0.4, 0.5) is 0 Å². The third-order valence-corrected chi connectivity index (χ3v) is 4.92. The first-order chi connectivity index (χ1) is 11.3. The Morgan fingerprint density at radius 1 is 1.13 bits per heavy atom. The van der Waals surface area contributed by atoms with E-state index >= 15 is 0 Å². The van der Waals surface area contributed by atoms with Gasteiger partial charge >= 0.3 is 0 Å². The van der Waals surface area contributed by atoms with Crippen LogP contribution in [-0.2, 0) is 0 Å². The van der Waals surface area contributed by atoms with Crippen molar-refractivity contribution < 1.29 is 0 Å². The van der Waals surface area contributed by atoms with Crippen molar-refractivity contribution in [1.82, 2.24) is 10.2 Å². The summed E-state index contributed by atoms with van der Waals surface area (Å²) in [6.45, 7) is 14.4. The Kier molecular flexibility index (Phi) is 9.49. The smallest absolute Gasteiger partial charge is 0.0512 e. The lowest BCUT2D eigenvalue weighted by Crippen LogP contribution is -2.64. The highest BCUT2D eigenvalue weighted by Gasteiger charge is 2.52. The molecule has 3 N–H and O–H groups in total. The molecule has 0 unspecified atom stereocenters. The molecule has 2 heterocycles. The standard InChI is InChI=1S/C15H26N4.2C2H6/c16-4-1-5-18-14-8-15(9-14)11-19(12-15)10-13-2-6-17-7-3-13;2*1-2/h1,4-5,13-14,17H,2-3,6-12,16H2;2*1-2H3/b4-1-,18-5?;;. The van der Waals surface area contributed by atoms with Crippen molar-refractivity contribution in [3.8, 4) is 0 Å². The predicted molar refractivity (Wildman–Crippen MR) is 102 cm³/mol. The number of nitrogens with zero attached hydrogens (tertiary/aromatic N) is 2. The average Bonchev–Trinajstić information content (AvgIpc) is 2.55. The number of hydrogen-bond donors (Lipinski definition) is 2. The molecule has 1 spiro atoms. The number of allylic oxidation sites excluding steroid dienone is 1. The van der Waals surface area contributed by atoms with Crippen molar-refractivity contribution in [3.63, 3.8) is 0 Å². The Morgan fingerprint density at radius 3 is 2.30 bits per heavy atom. The van der Waals surface area contributed by atoms with Crippen LogP contribution in [0.1, 0.15) is 53.4 Å². The van der Waals surface area contributed by atoms with Crippen molar-refractivity contribution in [2.24, 2.45) is 22.1 Å². The molecule has 0 bridgehead atoms. The molecule has 0 radical (unpaired) electrons. The lowest BCUT2D eigenvalue weighted by atomic mass is 9.60. The highest BCUT2D eigenvalue weighted by atomic mass is 15.2. The molecule has 2 aliphatic heterocycles. The van der Waals surface area contributed by atoms with Crippen molar-refractivity contribution in [2.75, 3.05) is 32.7 Å². The third kappa shape index (κ3) is 5.92. The zero-order valence-electron chi connectivity index (χ0n) is 15.7. The minimum atomic E-state index is 0.553. The van der Waals surface area contributed by atoms with Gasteiger partial charge in [0.15, 0.2) is 0 Å². The first kappa shape index (κ1) is 20.2. The van der Waals surface area contributed by atoms with Crippen LogP contribution in [0.5, 0.6) is 0 Å². The summed E-state index contributed by atoms with van der Waals surface area (Å²) in [5.41, 5.74) is 5.92. The fourth-order valence-corrected chi connectivity index (χ4v) is 3.99. The van der Waals surface area contributed by atoms with Gasteiger partial charge in [0.1, 0.15) is 0 Å². The number of piperidine rings is 1. The second kappa shape index (κ2) is 10.8. The maximum Gasteiger partial charge on any atom is 0.0512 e. The number of nitrogens with two attached hydrogens (primary N) is 1. The quantitative estimate of drug-likeness (QED) is 0.782. The van der Waals surface area contributed by atoms with Gasteiger partial charge in [0.25, 0.3) is 0 Å². The van der Waals surface area contributed by atoms with E-state index in [1.54, 1.807) is 6.20 Å². The van der Waals surface area contributed by atoms with Crippen LogP contribution >= 0.6 is 0 Å². The van der Waals surface area contributed by atoms with Crippen LogP contribution in [0, 0.1) is 11.3 Å². The largest absolute Gasteiger partial charge is 0.405 e. The van der Waals surface area contributed by atoms with E-state index in [4.69, 9.17) is 5.73 Å². The van der Waals surface area contributed by atoms with Gasteiger partial charge in [-0.15, -0.1) is 0 Å². The van der Waals surface area contributed by atoms with Crippen molar-refractivity contribution in [1.29, 1.82) is 0 Å². The van der Waals surface area contributed by atoms with Crippen molar-refractivity contribution in [2.45, 2.75) is 59.4 Å². The molecule has 23 heavy (non-hydrogen) atoms. The van der Waals surface area contributed by atoms with Gasteiger partial charge in [-0.05, 0) is 62.4 Å². The summed E-state index contributed by atoms with van der Waals surface area (Å²) in [6, 6.07) is 0.553. The average molecular weight is 323 g/mol. The van der Waals surface area contributed by atoms with E-state index < -0.39 is 0 Å². The number of rotatable bonds is 4. The van der Waals surface area contributed by atoms with Gasteiger partial charge in [-0.2, -0.15) is 0 Å². The zero-order valence-corrected chi connectivity index (χ0v) is 15.7. The fraction of sp³-hybridized carbons (Fsp3) is 0.842. The van der Waals surface area contributed by atoms with Gasteiger partial charge in [0.2, 0.25) is 0 Å². The third-order valence-electron chi connectivity index (χ3n) is 4.92. The van der Waals surface area contributed by atoms with Crippen molar-refractivity contribution >= 4 is 6.21 Å². The maximum absolute atomic E-state index is 5.29. The Bertz CT molecular complexity index is 344. The second-order valence-electron chi connectivity index (χ2n) is 6.61. The monoisotopic (exact) mass is 322 g/mol. The van der Waals surface area contributed by atoms with E-state index in [0.29, 0.717) is 11.5 Å². The SMILES string of the molecule is CC.CC.N/C=C\C=NC1CC2(C1)CN(CC1CCNCC1)C2. The van der Waals surface area contributed by atoms with Crippen molar-refractivity contribution in [3.05, 3.63) is 12.3 Å². The van der Waals surface area contributed by atoms with E-state index in [1.807, 2.05) is 40.0 Å². The van der Waals surface area contributed by atoms with Gasteiger partial charge in [0, 0.05) is 25.8 Å². The van der Waals surface area contributed by atoms with E-state index in [1.165, 1.54) is 58.4 Å². The van der Waals surface area contributed by atoms with Crippen LogP contribution in [-0.4, -0.2) is 49.9 Å². The second-order valence-corrected chi connectivity index (χ2v) is 6.61. The molecule has 0 aromatic rings. The molecule has 3 rings (SSSR count). The topological polar surface area (TPSA) is 53.6 Å². The molecule has 0 aromatic carbocycles. The molecular weight excluding hydrogens is 284 g/mol. The van der Waals surface area contributed by atoms with Gasteiger partial charge < -0.3 is 16.0 Å². The van der Waals surface area contributed by atoms with E-state index in [-0.39, 0.29) is 0 Å². The van der Waals surface area contributed by atoms with Crippen LogP contribution in [0.3, 0.4) is 0 Å². The molecule has 0 aromatic heterocycles. The summed E-state index contributed by atoms with van der Waals surface area (Å²) in [4.78, 5) is 7.18. The summed E-state index contributed by atoms with van der Waals surface area (Å²) in [6.07, 6.45) is 10.5. The molecule has 2 saturated heterocycles. The summed E-state index contributed by atoms with van der Waals surface area (Å²) in [7, 11) is 0. The maximum atomic E-state index is 5.29. The molecular formula is C19H38N4. The van der Waals surface area contributed by atoms with Gasteiger partial charge in [-0.3, -0.25) is 4.99 Å². The highest BCUT2D eigenvalue weighted by molar-refractivity contribution is 5.71. The molecule has 1 aliphatic carbocycles. The molecule has 3 aliphatic rings. The minimum absolute atomic E-state index is 0.553. The zero-order chi connectivity index (χ0) is 17.1. The molecule has 1 saturated carbocycles. The predicted octanol–water partition coefficient (Wildman–Crippen LogP) is 3.05. The number of likely N-dealkylation sites (tertiary alicyclic amines) is 1. The first-order valence-corrected chi connectivity index (χ1v) is 9.63. The Morgan fingerprint density at radius 2 is 1.74 bits per heavy atom. The molecule has 3 fully saturated rings. The summed E-state index contributed by atoms with van der Waals surface area (Å²) < 4.78 is 0. The number of nitrogens with one attached hydrogen (secondary N) is 1. The lowest BCUT2D eigenvalue weighted by molar-refractivity contribution is -0.0776. The fourth-order valence-electron chi connectivity index (χ4n) is 3.99. The normalized spacial score (nSPS) is 24.5. The number of aliphatic imine (C=N–C) groups is 1. The van der Waals surface area contributed by atoms with Crippen LogP contribution < -0.4 is 11.1 Å². The Balaban J connectivity index is 0.000000615. The highest BCUT2D eigenvalue weighted by Crippen LogP contribution is 2.49. The van der Waals surface area contributed by atoms with Crippen LogP contribution in [0.15, 0.2) is 17.3 Å².